The van der Waals surface area contributed by atoms with Gasteiger partial charge in [0.15, 0.2) is 0 Å². The van der Waals surface area contributed by atoms with Gasteiger partial charge in [0.1, 0.15) is 6.61 Å². The maximum atomic E-state index is 10.8. The van der Waals surface area contributed by atoms with Gasteiger partial charge in [-0.1, -0.05) is 6.92 Å². The molecule has 1 N–H and O–H groups in total. The number of nitrogens with one attached hydrogen (secondary N) is 1. The fraction of sp³-hybridized carbons (Fsp3) is 0.750. The van der Waals surface area contributed by atoms with E-state index in [1.165, 1.54) is 0 Å². The molecule has 0 aliphatic carbocycles. The van der Waals surface area contributed by atoms with Crippen molar-refractivity contribution >= 4 is 71.1 Å². The third-order valence-electron chi connectivity index (χ3n) is 1.17. The van der Waals surface area contributed by atoms with Crippen LogP contribution >= 0.6 is 0 Å². The van der Waals surface area contributed by atoms with Gasteiger partial charge in [0.25, 0.3) is 0 Å². The van der Waals surface area contributed by atoms with Crippen LogP contribution in [0.3, 0.4) is 0 Å². The first kappa shape index (κ1) is 21.4. The van der Waals surface area contributed by atoms with Gasteiger partial charge in [-0.2, -0.15) is 0 Å². The molecule has 5 nitrogen and oxygen atoms in total. The molecule has 0 aromatic heterocycles. The summed E-state index contributed by atoms with van der Waals surface area (Å²) in [4.78, 5) is 21.6. The summed E-state index contributed by atoms with van der Waals surface area (Å²) in [5.41, 5.74) is 0. The van der Waals surface area contributed by atoms with E-state index in [0.717, 1.165) is 0 Å². The van der Waals surface area contributed by atoms with Gasteiger partial charge in [-0.05, 0) is 13.5 Å². The molecule has 0 aromatic rings. The molecule has 0 amide bonds. The number of hydrogen-bond donors (Lipinski definition) is 1. The molecule has 0 spiro atoms. The van der Waals surface area contributed by atoms with E-state index >= 15 is 0 Å². The van der Waals surface area contributed by atoms with Crippen molar-refractivity contribution in [3.05, 3.63) is 0 Å². The minimum absolute atomic E-state index is 0. The number of likely N-dealkylation sites (N-methyl/N-ethyl adjacent to an activating group) is 1. The van der Waals surface area contributed by atoms with E-state index in [1.807, 2.05) is 6.92 Å². The van der Waals surface area contributed by atoms with E-state index in [1.54, 1.807) is 6.92 Å². The monoisotopic (exact) mass is 237 g/mol. The average molecular weight is 237 g/mol. The predicted molar refractivity (Wildman–Crippen MR) is 60.4 cm³/mol. The molecule has 0 saturated carbocycles. The molecule has 15 heavy (non-hydrogen) atoms. The molecular weight excluding hydrogens is 220 g/mol. The van der Waals surface area contributed by atoms with Crippen molar-refractivity contribution in [1.82, 2.24) is 5.32 Å². The molecule has 0 atom stereocenters. The number of hydrogen-bond acceptors (Lipinski definition) is 5. The molecule has 0 radical (unpaired) electrons. The molecule has 0 fully saturated rings. The van der Waals surface area contributed by atoms with Crippen molar-refractivity contribution in [1.29, 1.82) is 0 Å². The number of carbonyl (C=O) groups is 2. The number of carbonyl (C=O) groups excluding carboxylic acids is 2. The van der Waals surface area contributed by atoms with Crippen LogP contribution in [-0.4, -0.2) is 97.4 Å². The zero-order valence-electron chi connectivity index (χ0n) is 7.96. The Morgan fingerprint density at radius 3 is 2.20 bits per heavy atom. The summed E-state index contributed by atoms with van der Waals surface area (Å²) < 4.78 is 9.14. The fourth-order valence-electron chi connectivity index (χ4n) is 0.605. The van der Waals surface area contributed by atoms with Crippen molar-refractivity contribution in [3.8, 4) is 0 Å². The molecule has 0 bridgehead atoms. The Kier molecular flexibility index (Phi) is 21.4. The maximum absolute atomic E-state index is 10.8. The van der Waals surface area contributed by atoms with Gasteiger partial charge < -0.3 is 14.8 Å². The Balaban J connectivity index is -0.000000720. The zero-order valence-corrected chi connectivity index (χ0v) is 7.96. The molecule has 0 rings (SSSR count). The first-order valence-corrected chi connectivity index (χ1v) is 4.22. The second kappa shape index (κ2) is 15.1. The van der Waals surface area contributed by atoms with Gasteiger partial charge in [0, 0.05) is 6.61 Å². The van der Waals surface area contributed by atoms with Crippen molar-refractivity contribution in [3.63, 3.8) is 0 Å². The van der Waals surface area contributed by atoms with Crippen LogP contribution in [0, 0.1) is 0 Å². The third kappa shape index (κ3) is 15.1. The molecule has 0 saturated heterocycles. The Labute approximate surface area is 134 Å². The van der Waals surface area contributed by atoms with Crippen LogP contribution in [-0.2, 0) is 19.1 Å². The second-order valence-electron chi connectivity index (χ2n) is 2.26. The SMILES string of the molecule is CCNCC(=O)OC(=O)COCC.[NaH].[NaH]. The van der Waals surface area contributed by atoms with Crippen molar-refractivity contribution in [2.75, 3.05) is 26.3 Å². The predicted octanol–water partition coefficient (Wildman–Crippen LogP) is -1.59. The van der Waals surface area contributed by atoms with Crippen LogP contribution in [0.1, 0.15) is 13.8 Å². The van der Waals surface area contributed by atoms with Crippen molar-refractivity contribution < 1.29 is 19.1 Å². The van der Waals surface area contributed by atoms with E-state index in [-0.39, 0.29) is 72.3 Å². The van der Waals surface area contributed by atoms with Crippen LogP contribution in [0.2, 0.25) is 0 Å². The van der Waals surface area contributed by atoms with E-state index in [9.17, 15) is 9.59 Å². The number of rotatable bonds is 6. The van der Waals surface area contributed by atoms with Gasteiger partial charge in [-0.15, -0.1) is 0 Å². The molecule has 80 valence electrons. The molecule has 0 aliphatic rings. The van der Waals surface area contributed by atoms with Crippen LogP contribution < -0.4 is 5.32 Å². The quantitative estimate of drug-likeness (QED) is 0.342. The van der Waals surface area contributed by atoms with E-state index < -0.39 is 11.9 Å². The van der Waals surface area contributed by atoms with E-state index in [0.29, 0.717) is 13.2 Å². The zero-order chi connectivity index (χ0) is 10.1. The Morgan fingerprint density at radius 1 is 1.13 bits per heavy atom. The molecular formula is C8H17NNa2O4. The molecule has 7 heteroatoms. The summed E-state index contributed by atoms with van der Waals surface area (Å²) >= 11 is 0. The average Bonchev–Trinajstić information content (AvgIpc) is 2.11. The minimum atomic E-state index is -0.648. The summed E-state index contributed by atoms with van der Waals surface area (Å²) in [6.45, 7) is 4.58. The Bertz CT molecular complexity index is 160. The van der Waals surface area contributed by atoms with E-state index in [2.05, 4.69) is 10.1 Å². The van der Waals surface area contributed by atoms with Gasteiger partial charge in [-0.25, -0.2) is 4.79 Å². The molecule has 0 aliphatic heterocycles. The second-order valence-corrected chi connectivity index (χ2v) is 2.26. The normalized spacial score (nSPS) is 8.40. The number of ether oxygens (including phenoxy) is 2. The van der Waals surface area contributed by atoms with Gasteiger partial charge in [0.2, 0.25) is 0 Å². The Hall–Kier alpha value is 1.06. The summed E-state index contributed by atoms with van der Waals surface area (Å²) in [6, 6.07) is 0. The molecule has 0 aromatic carbocycles. The van der Waals surface area contributed by atoms with Crippen molar-refractivity contribution in [2.24, 2.45) is 0 Å². The van der Waals surface area contributed by atoms with Gasteiger partial charge in [0.05, 0.1) is 6.54 Å². The summed E-state index contributed by atoms with van der Waals surface area (Å²) in [6.07, 6.45) is 0. The summed E-state index contributed by atoms with van der Waals surface area (Å²) in [5, 5.41) is 2.74. The first-order valence-electron chi connectivity index (χ1n) is 4.22. The standard InChI is InChI=1S/C8H15NO4.2Na.2H/c1-3-9-5-7(10)13-8(11)6-12-4-2;;;;/h9H,3-6H2,1-2H3;;;;. The molecule has 0 unspecified atom stereocenters. The fourth-order valence-corrected chi connectivity index (χ4v) is 0.605. The van der Waals surface area contributed by atoms with Crippen LogP contribution in [0.5, 0.6) is 0 Å². The number of esters is 2. The third-order valence-corrected chi connectivity index (χ3v) is 1.17. The topological polar surface area (TPSA) is 64.6 Å². The van der Waals surface area contributed by atoms with Crippen molar-refractivity contribution in [2.45, 2.75) is 13.8 Å². The Morgan fingerprint density at radius 2 is 1.73 bits per heavy atom. The molecule has 0 heterocycles. The van der Waals surface area contributed by atoms with Crippen LogP contribution in [0.15, 0.2) is 0 Å². The van der Waals surface area contributed by atoms with E-state index in [4.69, 9.17) is 4.74 Å². The summed E-state index contributed by atoms with van der Waals surface area (Å²) in [7, 11) is 0. The van der Waals surface area contributed by atoms with Crippen LogP contribution in [0.4, 0.5) is 0 Å². The van der Waals surface area contributed by atoms with Crippen LogP contribution in [0.25, 0.3) is 0 Å². The first-order chi connectivity index (χ1) is 6.20. The van der Waals surface area contributed by atoms with Gasteiger partial charge in [-0.3, -0.25) is 4.79 Å². The summed E-state index contributed by atoms with van der Waals surface area (Å²) in [5.74, 6) is -1.23. The van der Waals surface area contributed by atoms with Gasteiger partial charge >= 0.3 is 71.1 Å².